The van der Waals surface area contributed by atoms with E-state index in [2.05, 4.69) is 24.0 Å². The number of rotatable bonds is 3. The number of benzene rings is 1. The summed E-state index contributed by atoms with van der Waals surface area (Å²) in [5.41, 5.74) is 4.63. The Balaban J connectivity index is 1.75. The average molecular weight is 333 g/mol. The molecule has 2 aromatic heterocycles. The number of nitrogens with zero attached hydrogens (tertiary/aromatic N) is 4. The van der Waals surface area contributed by atoms with Gasteiger partial charge in [-0.15, -0.1) is 0 Å². The summed E-state index contributed by atoms with van der Waals surface area (Å²) in [7, 11) is 0. The van der Waals surface area contributed by atoms with Crippen molar-refractivity contribution in [3.63, 3.8) is 0 Å². The van der Waals surface area contributed by atoms with Crippen molar-refractivity contribution < 1.29 is 4.52 Å². The fourth-order valence-electron chi connectivity index (χ4n) is 3.09. The maximum absolute atomic E-state index is 8.44. The quantitative estimate of drug-likeness (QED) is 0.786. The first-order valence-corrected chi connectivity index (χ1v) is 8.29. The van der Waals surface area contributed by atoms with E-state index >= 15 is 0 Å². The van der Waals surface area contributed by atoms with Gasteiger partial charge in [-0.1, -0.05) is 43.3 Å². The van der Waals surface area contributed by atoms with Gasteiger partial charge in [0.05, 0.1) is 23.5 Å². The molecule has 1 aliphatic heterocycles. The molecule has 0 saturated carbocycles. The summed E-state index contributed by atoms with van der Waals surface area (Å²) in [6.45, 7) is 6.68. The largest absolute Gasteiger partial charge is 0.356 e. The van der Waals surface area contributed by atoms with Crippen molar-refractivity contribution in [1.29, 1.82) is 5.41 Å². The summed E-state index contributed by atoms with van der Waals surface area (Å²) in [6, 6.07) is 9.83. The SMILES string of the molecule is Cc1cc(-c2cnc(N3Cc4ccccc4C3=N)nc2C(C)C)on1. The van der Waals surface area contributed by atoms with Crippen LogP contribution >= 0.6 is 0 Å². The molecule has 0 radical (unpaired) electrons. The molecular weight excluding hydrogens is 314 g/mol. The molecule has 0 saturated heterocycles. The van der Waals surface area contributed by atoms with Gasteiger partial charge in [0.1, 0.15) is 5.84 Å². The molecule has 3 heterocycles. The van der Waals surface area contributed by atoms with Crippen LogP contribution in [0.4, 0.5) is 5.95 Å². The molecule has 25 heavy (non-hydrogen) atoms. The molecular formula is C19H19N5O. The third-order valence-corrected chi connectivity index (χ3v) is 4.36. The minimum Gasteiger partial charge on any atom is -0.356 e. The second-order valence-electron chi connectivity index (χ2n) is 6.55. The smallest absolute Gasteiger partial charge is 0.231 e. The van der Waals surface area contributed by atoms with E-state index in [0.717, 1.165) is 28.1 Å². The maximum atomic E-state index is 8.44. The van der Waals surface area contributed by atoms with Crippen molar-refractivity contribution in [3.8, 4) is 11.3 Å². The van der Waals surface area contributed by atoms with Crippen LogP contribution in [0.5, 0.6) is 0 Å². The van der Waals surface area contributed by atoms with E-state index < -0.39 is 0 Å². The molecule has 0 fully saturated rings. The highest BCUT2D eigenvalue weighted by Crippen LogP contribution is 2.31. The van der Waals surface area contributed by atoms with Crippen molar-refractivity contribution in [3.05, 3.63) is 59.0 Å². The van der Waals surface area contributed by atoms with Crippen LogP contribution in [0, 0.1) is 12.3 Å². The van der Waals surface area contributed by atoms with E-state index in [-0.39, 0.29) is 5.92 Å². The number of anilines is 1. The van der Waals surface area contributed by atoms with Crippen LogP contribution in [-0.2, 0) is 6.54 Å². The van der Waals surface area contributed by atoms with Gasteiger partial charge < -0.3 is 4.52 Å². The van der Waals surface area contributed by atoms with Gasteiger partial charge in [0, 0.05) is 17.8 Å². The number of aryl methyl sites for hydroxylation is 1. The Morgan fingerprint density at radius 1 is 1.20 bits per heavy atom. The Morgan fingerprint density at radius 2 is 2.00 bits per heavy atom. The van der Waals surface area contributed by atoms with Crippen molar-refractivity contribution >= 4 is 11.8 Å². The van der Waals surface area contributed by atoms with Crippen LogP contribution in [0.3, 0.4) is 0 Å². The van der Waals surface area contributed by atoms with Crippen LogP contribution < -0.4 is 4.90 Å². The number of hydrogen-bond donors (Lipinski definition) is 1. The molecule has 126 valence electrons. The molecule has 6 heteroatoms. The van der Waals surface area contributed by atoms with Gasteiger partial charge in [0.2, 0.25) is 5.95 Å². The predicted molar refractivity (Wildman–Crippen MR) is 95.8 cm³/mol. The van der Waals surface area contributed by atoms with Gasteiger partial charge in [-0.2, -0.15) is 0 Å². The number of nitrogens with one attached hydrogen (secondary N) is 1. The van der Waals surface area contributed by atoms with Gasteiger partial charge in [-0.3, -0.25) is 10.3 Å². The minimum absolute atomic E-state index is 0.196. The van der Waals surface area contributed by atoms with E-state index in [1.54, 1.807) is 6.20 Å². The summed E-state index contributed by atoms with van der Waals surface area (Å²) in [6.07, 6.45) is 1.77. The van der Waals surface area contributed by atoms with Crippen LogP contribution in [0.1, 0.15) is 42.3 Å². The lowest BCUT2D eigenvalue weighted by atomic mass is 10.0. The molecule has 0 atom stereocenters. The van der Waals surface area contributed by atoms with Crippen molar-refractivity contribution in [1.82, 2.24) is 15.1 Å². The Morgan fingerprint density at radius 3 is 2.68 bits per heavy atom. The summed E-state index contributed by atoms with van der Waals surface area (Å²) >= 11 is 0. The average Bonchev–Trinajstić information content (AvgIpc) is 3.18. The van der Waals surface area contributed by atoms with Crippen molar-refractivity contribution in [2.24, 2.45) is 0 Å². The standard InChI is InChI=1S/C19H19N5O/c1-11(2)17-15(16-8-12(3)23-25-16)9-21-19(22-17)24-10-13-6-4-5-7-14(13)18(24)20/h4-9,11,20H,10H2,1-3H3. The molecule has 0 bridgehead atoms. The summed E-state index contributed by atoms with van der Waals surface area (Å²) in [4.78, 5) is 11.1. The third-order valence-electron chi connectivity index (χ3n) is 4.36. The number of fused-ring (bicyclic) bond motifs is 1. The number of hydrogen-bond acceptors (Lipinski definition) is 5. The maximum Gasteiger partial charge on any atom is 0.231 e. The Bertz CT molecular complexity index is 960. The van der Waals surface area contributed by atoms with Crippen LogP contribution in [-0.4, -0.2) is 21.0 Å². The van der Waals surface area contributed by atoms with Crippen LogP contribution in [0.15, 0.2) is 41.1 Å². The van der Waals surface area contributed by atoms with E-state index in [1.165, 1.54) is 0 Å². The number of aromatic nitrogens is 3. The number of amidine groups is 1. The Hall–Kier alpha value is -3.02. The lowest BCUT2D eigenvalue weighted by molar-refractivity contribution is 0.426. The fraction of sp³-hybridized carbons (Fsp3) is 0.263. The zero-order valence-electron chi connectivity index (χ0n) is 14.4. The molecule has 4 rings (SSSR count). The van der Waals surface area contributed by atoms with E-state index in [4.69, 9.17) is 14.9 Å². The van der Waals surface area contributed by atoms with E-state index in [9.17, 15) is 0 Å². The zero-order chi connectivity index (χ0) is 17.6. The molecule has 0 amide bonds. The molecule has 1 N–H and O–H groups in total. The summed E-state index contributed by atoms with van der Waals surface area (Å²) in [5, 5.41) is 12.4. The van der Waals surface area contributed by atoms with Crippen LogP contribution in [0.25, 0.3) is 11.3 Å². The molecule has 1 aliphatic rings. The van der Waals surface area contributed by atoms with Gasteiger partial charge in [0.15, 0.2) is 5.76 Å². The first-order valence-electron chi connectivity index (χ1n) is 8.29. The third kappa shape index (κ3) is 2.59. The van der Waals surface area contributed by atoms with Gasteiger partial charge >= 0.3 is 0 Å². The fourth-order valence-corrected chi connectivity index (χ4v) is 3.09. The second-order valence-corrected chi connectivity index (χ2v) is 6.55. The minimum atomic E-state index is 0.196. The van der Waals surface area contributed by atoms with Gasteiger partial charge in [0.25, 0.3) is 0 Å². The predicted octanol–water partition coefficient (Wildman–Crippen LogP) is 3.91. The molecule has 3 aromatic rings. The normalized spacial score (nSPS) is 13.6. The van der Waals surface area contributed by atoms with E-state index in [1.807, 2.05) is 42.2 Å². The monoisotopic (exact) mass is 333 g/mol. The van der Waals surface area contributed by atoms with E-state index in [0.29, 0.717) is 24.1 Å². The topological polar surface area (TPSA) is 78.9 Å². The summed E-state index contributed by atoms with van der Waals surface area (Å²) in [5.74, 6) is 1.85. The molecule has 0 spiro atoms. The summed E-state index contributed by atoms with van der Waals surface area (Å²) < 4.78 is 5.39. The van der Waals surface area contributed by atoms with Gasteiger partial charge in [-0.25, -0.2) is 9.97 Å². The van der Waals surface area contributed by atoms with Crippen LogP contribution in [0.2, 0.25) is 0 Å². The van der Waals surface area contributed by atoms with Crippen molar-refractivity contribution in [2.75, 3.05) is 4.90 Å². The highest BCUT2D eigenvalue weighted by molar-refractivity contribution is 6.10. The Kier molecular flexibility index (Phi) is 3.60. The molecule has 6 nitrogen and oxygen atoms in total. The highest BCUT2D eigenvalue weighted by Gasteiger charge is 2.28. The zero-order valence-corrected chi connectivity index (χ0v) is 14.4. The molecule has 0 unspecified atom stereocenters. The Labute approximate surface area is 146 Å². The lowest BCUT2D eigenvalue weighted by Crippen LogP contribution is -2.25. The molecule has 1 aromatic carbocycles. The lowest BCUT2D eigenvalue weighted by Gasteiger charge is -2.18. The van der Waals surface area contributed by atoms with Crippen molar-refractivity contribution in [2.45, 2.75) is 33.2 Å². The first-order chi connectivity index (χ1) is 12.0. The molecule has 0 aliphatic carbocycles. The second kappa shape index (κ2) is 5.81. The van der Waals surface area contributed by atoms with Gasteiger partial charge in [-0.05, 0) is 18.4 Å². The highest BCUT2D eigenvalue weighted by atomic mass is 16.5. The first kappa shape index (κ1) is 15.5.